The van der Waals surface area contributed by atoms with Crippen molar-refractivity contribution < 1.29 is 28.0 Å². The van der Waals surface area contributed by atoms with Crippen LogP contribution in [0.1, 0.15) is 37.5 Å². The van der Waals surface area contributed by atoms with Gasteiger partial charge in [0, 0.05) is 34.2 Å². The lowest BCUT2D eigenvalue weighted by Crippen LogP contribution is -2.36. The number of nitro groups is 1. The molecule has 3 rings (SSSR count). The second-order valence-corrected chi connectivity index (χ2v) is 11.3. The van der Waals surface area contributed by atoms with Gasteiger partial charge in [-0.05, 0) is 82.5 Å². The number of nitrogens with two attached hydrogens (primary N) is 1. The number of nitrogen functional groups attached to an aromatic ring is 1. The van der Waals surface area contributed by atoms with Crippen molar-refractivity contribution in [3.05, 3.63) is 96.0 Å². The number of benzene rings is 3. The highest BCUT2D eigenvalue weighted by molar-refractivity contribution is 6.32. The van der Waals surface area contributed by atoms with E-state index in [0.717, 1.165) is 23.3 Å². The lowest BCUT2D eigenvalue weighted by Gasteiger charge is -2.24. The number of aryl methyl sites for hydroxylation is 3. The second kappa shape index (κ2) is 16.3. The van der Waals surface area contributed by atoms with Gasteiger partial charge in [-0.25, -0.2) is 9.18 Å². The first kappa shape index (κ1) is 36.7. The summed E-state index contributed by atoms with van der Waals surface area (Å²) in [6.07, 6.45) is -0.388. The Morgan fingerprint density at radius 2 is 1.50 bits per heavy atom. The standard InChI is InChI=1S/C15H23ClN2O3.C7H5ClFNO2.C7H6ClF/c1-10-8-12(17)13(9-11(10)16)20-7-6-18(5)14(19)21-15(2,3)4;1-4-2-7(10(11)12)6(9)3-5(4)8;1-5-2-3-6(9)4-7(5)8/h8-9H,6-7,17H2,1-5H3;2-3H,1H3;2-4H,1H3. The number of amides is 1. The van der Waals surface area contributed by atoms with Crippen molar-refractivity contribution >= 4 is 52.3 Å². The molecule has 0 heterocycles. The average Bonchev–Trinajstić information content (AvgIpc) is 2.86. The van der Waals surface area contributed by atoms with Gasteiger partial charge in [0.05, 0.1) is 17.2 Å². The molecule has 0 aliphatic carbocycles. The zero-order valence-electron chi connectivity index (χ0n) is 24.4. The molecule has 0 saturated carbocycles. The predicted molar refractivity (Wildman–Crippen MR) is 164 cm³/mol. The summed E-state index contributed by atoms with van der Waals surface area (Å²) in [7, 11) is 1.66. The number of carbonyl (C=O) groups excluding carboxylic acids is 1. The lowest BCUT2D eigenvalue weighted by atomic mass is 10.2. The van der Waals surface area contributed by atoms with E-state index in [2.05, 4.69) is 0 Å². The van der Waals surface area contributed by atoms with Gasteiger partial charge in [0.15, 0.2) is 0 Å². The second-order valence-electron chi connectivity index (χ2n) is 10.1. The number of halogens is 5. The maximum absolute atomic E-state index is 12.8. The molecule has 0 atom stereocenters. The molecule has 0 radical (unpaired) electrons. The zero-order chi connectivity index (χ0) is 32.4. The van der Waals surface area contributed by atoms with Crippen molar-refractivity contribution in [1.82, 2.24) is 4.90 Å². The van der Waals surface area contributed by atoms with Crippen LogP contribution in [0.4, 0.5) is 25.0 Å². The summed E-state index contributed by atoms with van der Waals surface area (Å²) in [6.45, 7) is 11.5. The van der Waals surface area contributed by atoms with Gasteiger partial charge in [-0.2, -0.15) is 4.39 Å². The van der Waals surface area contributed by atoms with E-state index >= 15 is 0 Å². The molecular weight excluding hydrogens is 615 g/mol. The maximum atomic E-state index is 12.8. The first-order valence-electron chi connectivity index (χ1n) is 12.5. The van der Waals surface area contributed by atoms with Gasteiger partial charge in [0.2, 0.25) is 5.82 Å². The normalized spacial score (nSPS) is 10.5. The molecule has 1 amide bonds. The van der Waals surface area contributed by atoms with Crippen molar-refractivity contribution in [2.24, 2.45) is 0 Å². The zero-order valence-corrected chi connectivity index (χ0v) is 26.6. The molecule has 0 fully saturated rings. The minimum Gasteiger partial charge on any atom is -0.490 e. The number of nitro benzene ring substituents is 1. The van der Waals surface area contributed by atoms with Crippen molar-refractivity contribution in [1.29, 1.82) is 0 Å². The number of rotatable bonds is 5. The minimum absolute atomic E-state index is 0.193. The fraction of sp³-hybridized carbons (Fsp3) is 0.345. The number of nitrogens with zero attached hydrogens (tertiary/aromatic N) is 2. The largest absolute Gasteiger partial charge is 0.490 e. The van der Waals surface area contributed by atoms with Crippen LogP contribution >= 0.6 is 34.8 Å². The Balaban J connectivity index is 0.000000351. The fourth-order valence-corrected chi connectivity index (χ4v) is 3.35. The first-order chi connectivity index (χ1) is 19.3. The van der Waals surface area contributed by atoms with Crippen LogP contribution in [-0.2, 0) is 4.74 Å². The van der Waals surface area contributed by atoms with Crippen LogP contribution in [0.25, 0.3) is 0 Å². The van der Waals surface area contributed by atoms with E-state index in [1.165, 1.54) is 17.0 Å². The predicted octanol–water partition coefficient (Wildman–Crippen LogP) is 8.96. The van der Waals surface area contributed by atoms with E-state index in [-0.39, 0.29) is 16.9 Å². The molecule has 0 saturated heterocycles. The Morgan fingerprint density at radius 3 is 2.02 bits per heavy atom. The molecule has 0 aromatic heterocycles. The summed E-state index contributed by atoms with van der Waals surface area (Å²) in [5.74, 6) is -0.676. The highest BCUT2D eigenvalue weighted by Crippen LogP contribution is 2.29. The number of anilines is 1. The molecule has 8 nitrogen and oxygen atoms in total. The third-order valence-electron chi connectivity index (χ3n) is 5.24. The molecule has 3 aromatic rings. The molecular formula is C29H34Cl3F2N3O5. The van der Waals surface area contributed by atoms with Gasteiger partial charge >= 0.3 is 11.8 Å². The molecule has 0 aliphatic rings. The van der Waals surface area contributed by atoms with Gasteiger partial charge < -0.3 is 20.1 Å². The number of hydrogen-bond donors (Lipinski definition) is 1. The quantitative estimate of drug-likeness (QED) is 0.168. The molecule has 2 N–H and O–H groups in total. The van der Waals surface area contributed by atoms with Gasteiger partial charge in [-0.15, -0.1) is 0 Å². The van der Waals surface area contributed by atoms with Crippen LogP contribution in [-0.4, -0.2) is 41.7 Å². The van der Waals surface area contributed by atoms with E-state index in [4.69, 9.17) is 50.0 Å². The SMILES string of the molecule is Cc1cc(N)c(OCCN(C)C(=O)OC(C)(C)C)cc1Cl.Cc1cc([N+](=O)[O-])c(F)cc1Cl.Cc1ccc(F)cc1Cl. The van der Waals surface area contributed by atoms with E-state index < -0.39 is 22.0 Å². The molecule has 0 bridgehead atoms. The van der Waals surface area contributed by atoms with Crippen molar-refractivity contribution in [2.45, 2.75) is 47.1 Å². The van der Waals surface area contributed by atoms with E-state index in [1.54, 1.807) is 32.2 Å². The minimum atomic E-state index is -0.907. The summed E-state index contributed by atoms with van der Waals surface area (Å²) in [5.41, 5.74) is 7.62. The van der Waals surface area contributed by atoms with Crippen LogP contribution < -0.4 is 10.5 Å². The Kier molecular flexibility index (Phi) is 14.3. The van der Waals surface area contributed by atoms with Crippen LogP contribution in [0, 0.1) is 42.5 Å². The monoisotopic (exact) mass is 647 g/mol. The number of likely N-dealkylation sites (N-methyl/N-ethyl adjacent to an activating group) is 1. The van der Waals surface area contributed by atoms with Crippen LogP contribution in [0.3, 0.4) is 0 Å². The highest BCUT2D eigenvalue weighted by atomic mass is 35.5. The molecule has 3 aromatic carbocycles. The number of ether oxygens (including phenoxy) is 2. The third kappa shape index (κ3) is 12.7. The van der Waals surface area contributed by atoms with Gasteiger partial charge in [-0.1, -0.05) is 40.9 Å². The maximum Gasteiger partial charge on any atom is 0.410 e. The van der Waals surface area contributed by atoms with Gasteiger partial charge in [0.25, 0.3) is 0 Å². The molecule has 0 aliphatic heterocycles. The summed E-state index contributed by atoms with van der Waals surface area (Å²) >= 11 is 17.1. The van der Waals surface area contributed by atoms with Crippen molar-refractivity contribution in [2.75, 3.05) is 25.9 Å². The number of hydrogen-bond acceptors (Lipinski definition) is 6. The molecule has 42 heavy (non-hydrogen) atoms. The van der Waals surface area contributed by atoms with Crippen LogP contribution in [0.2, 0.25) is 15.1 Å². The molecule has 230 valence electrons. The summed E-state index contributed by atoms with van der Waals surface area (Å²) < 4.78 is 35.8. The summed E-state index contributed by atoms with van der Waals surface area (Å²) in [4.78, 5) is 22.7. The fourth-order valence-electron chi connectivity index (χ4n) is 2.88. The molecule has 0 unspecified atom stereocenters. The topological polar surface area (TPSA) is 108 Å². The van der Waals surface area contributed by atoms with Gasteiger partial charge in [0.1, 0.15) is 23.8 Å². The summed E-state index contributed by atoms with van der Waals surface area (Å²) in [6, 6.07) is 9.83. The Morgan fingerprint density at radius 1 is 0.952 bits per heavy atom. The van der Waals surface area contributed by atoms with Crippen LogP contribution in [0.15, 0.2) is 42.5 Å². The smallest absolute Gasteiger partial charge is 0.410 e. The van der Waals surface area contributed by atoms with E-state index in [0.29, 0.717) is 40.2 Å². The van der Waals surface area contributed by atoms with Gasteiger partial charge in [-0.3, -0.25) is 10.1 Å². The van der Waals surface area contributed by atoms with Crippen molar-refractivity contribution in [3.8, 4) is 5.75 Å². The lowest BCUT2D eigenvalue weighted by molar-refractivity contribution is -0.387. The third-order valence-corrected chi connectivity index (χ3v) is 6.46. The summed E-state index contributed by atoms with van der Waals surface area (Å²) in [5, 5.41) is 11.5. The Bertz CT molecular complexity index is 1400. The van der Waals surface area contributed by atoms with E-state index in [9.17, 15) is 23.7 Å². The van der Waals surface area contributed by atoms with Crippen molar-refractivity contribution in [3.63, 3.8) is 0 Å². The van der Waals surface area contributed by atoms with E-state index in [1.807, 2.05) is 34.6 Å². The Labute approximate surface area is 259 Å². The molecule has 0 spiro atoms. The Hall–Kier alpha value is -3.34. The first-order valence-corrected chi connectivity index (χ1v) is 13.6. The molecule has 13 heteroatoms. The highest BCUT2D eigenvalue weighted by Gasteiger charge is 2.19. The number of carbonyl (C=O) groups is 1. The average molecular weight is 649 g/mol. The van der Waals surface area contributed by atoms with Crippen LogP contribution in [0.5, 0.6) is 5.75 Å².